The number of anilines is 1. The topological polar surface area (TPSA) is 78.4 Å². The zero-order chi connectivity index (χ0) is 13.2. The Kier molecular flexibility index (Phi) is 3.61. The van der Waals surface area contributed by atoms with Crippen LogP contribution in [0.4, 0.5) is 5.69 Å². The van der Waals surface area contributed by atoms with Gasteiger partial charge in [0.1, 0.15) is 0 Å². The number of hydrogen-bond acceptors (Lipinski definition) is 4. The molecule has 0 unspecified atom stereocenters. The number of hydrogen-bond donors (Lipinski definition) is 3. The van der Waals surface area contributed by atoms with Crippen LogP contribution in [-0.4, -0.2) is 32.7 Å². The molecule has 1 aliphatic rings. The second-order valence-electron chi connectivity index (χ2n) is 4.65. The average Bonchev–Trinajstić information content (AvgIpc) is 2.34. The summed E-state index contributed by atoms with van der Waals surface area (Å²) >= 11 is 0. The molecule has 0 spiro atoms. The van der Waals surface area contributed by atoms with Gasteiger partial charge in [-0.1, -0.05) is 0 Å². The van der Waals surface area contributed by atoms with Crippen molar-refractivity contribution >= 4 is 15.7 Å². The molecule has 100 valence electrons. The van der Waals surface area contributed by atoms with Gasteiger partial charge >= 0.3 is 0 Å². The van der Waals surface area contributed by atoms with Crippen molar-refractivity contribution < 1.29 is 13.5 Å². The number of nitrogens with one attached hydrogen (secondary N) is 2. The van der Waals surface area contributed by atoms with Crippen LogP contribution in [0.5, 0.6) is 0 Å². The van der Waals surface area contributed by atoms with Gasteiger partial charge in [-0.3, -0.25) is 0 Å². The molecule has 2 rings (SSSR count). The fraction of sp³-hybridized carbons (Fsp3) is 0.500. The van der Waals surface area contributed by atoms with Crippen molar-refractivity contribution in [2.75, 3.05) is 19.0 Å². The lowest BCUT2D eigenvalue weighted by molar-refractivity contribution is 0.144. The van der Waals surface area contributed by atoms with E-state index in [9.17, 15) is 13.5 Å². The Morgan fingerprint density at radius 1 is 1.28 bits per heavy atom. The van der Waals surface area contributed by atoms with Gasteiger partial charge in [0.2, 0.25) is 10.0 Å². The summed E-state index contributed by atoms with van der Waals surface area (Å²) in [5.41, 5.74) is 0.613. The van der Waals surface area contributed by atoms with Crippen molar-refractivity contribution in [3.8, 4) is 0 Å². The third-order valence-corrected chi connectivity index (χ3v) is 4.89. The number of sulfonamides is 1. The second-order valence-corrected chi connectivity index (χ2v) is 6.54. The van der Waals surface area contributed by atoms with E-state index >= 15 is 0 Å². The number of aliphatic hydroxyl groups excluding tert-OH is 1. The zero-order valence-corrected chi connectivity index (χ0v) is 11.1. The van der Waals surface area contributed by atoms with Crippen molar-refractivity contribution in [3.63, 3.8) is 0 Å². The van der Waals surface area contributed by atoms with Crippen LogP contribution in [-0.2, 0) is 10.0 Å². The van der Waals surface area contributed by atoms with Gasteiger partial charge < -0.3 is 10.4 Å². The summed E-state index contributed by atoms with van der Waals surface area (Å²) < 4.78 is 25.4. The molecule has 1 aromatic carbocycles. The molecule has 18 heavy (non-hydrogen) atoms. The molecule has 3 N–H and O–H groups in total. The first-order valence-electron chi connectivity index (χ1n) is 5.94. The van der Waals surface area contributed by atoms with Crippen molar-refractivity contribution in [3.05, 3.63) is 24.3 Å². The molecule has 0 bridgehead atoms. The van der Waals surface area contributed by atoms with Crippen molar-refractivity contribution in [2.45, 2.75) is 29.7 Å². The average molecular weight is 270 g/mol. The molecule has 0 aromatic heterocycles. The molecule has 0 saturated heterocycles. The fourth-order valence-electron chi connectivity index (χ4n) is 2.07. The molecule has 6 heteroatoms. The minimum Gasteiger partial charge on any atom is -0.394 e. The van der Waals surface area contributed by atoms with E-state index in [1.54, 1.807) is 24.3 Å². The van der Waals surface area contributed by atoms with E-state index in [0.717, 1.165) is 24.9 Å². The van der Waals surface area contributed by atoms with E-state index in [1.165, 1.54) is 7.05 Å². The van der Waals surface area contributed by atoms with Crippen LogP contribution in [0.3, 0.4) is 0 Å². The number of benzene rings is 1. The predicted octanol–water partition coefficient (Wildman–Crippen LogP) is 0.922. The molecule has 1 saturated carbocycles. The lowest BCUT2D eigenvalue weighted by Crippen LogP contribution is -2.48. The van der Waals surface area contributed by atoms with E-state index < -0.39 is 10.0 Å². The highest BCUT2D eigenvalue weighted by Gasteiger charge is 2.36. The summed E-state index contributed by atoms with van der Waals surface area (Å²) in [6, 6.07) is 6.55. The Labute approximate surface area is 107 Å². The normalized spacial score (nSPS) is 18.1. The lowest BCUT2D eigenvalue weighted by Gasteiger charge is -2.41. The van der Waals surface area contributed by atoms with E-state index in [2.05, 4.69) is 10.0 Å². The molecule has 0 aliphatic heterocycles. The standard InChI is InChI=1S/C12H18N2O3S/c1-13-18(16,17)11-5-3-10(4-6-11)14-12(9-15)7-2-8-12/h3-6,13-15H,2,7-9H2,1H3. The maximum atomic E-state index is 11.5. The maximum Gasteiger partial charge on any atom is 0.240 e. The van der Waals surface area contributed by atoms with E-state index in [1.807, 2.05) is 0 Å². The van der Waals surface area contributed by atoms with Gasteiger partial charge in [-0.05, 0) is 50.6 Å². The molecule has 0 atom stereocenters. The molecule has 0 amide bonds. The van der Waals surface area contributed by atoms with Gasteiger partial charge in [0.25, 0.3) is 0 Å². The van der Waals surface area contributed by atoms with Crippen molar-refractivity contribution in [2.24, 2.45) is 0 Å². The summed E-state index contributed by atoms with van der Waals surface area (Å²) in [7, 11) is -2.00. The first-order chi connectivity index (χ1) is 8.51. The molecular weight excluding hydrogens is 252 g/mol. The molecule has 1 aliphatic carbocycles. The fourth-order valence-corrected chi connectivity index (χ4v) is 2.80. The first kappa shape index (κ1) is 13.3. The molecular formula is C12H18N2O3S. The highest BCUT2D eigenvalue weighted by molar-refractivity contribution is 7.89. The predicted molar refractivity (Wildman–Crippen MR) is 70.0 cm³/mol. The minimum atomic E-state index is -3.38. The van der Waals surface area contributed by atoms with E-state index in [4.69, 9.17) is 0 Å². The Balaban J connectivity index is 2.13. The summed E-state index contributed by atoms with van der Waals surface area (Å²) in [4.78, 5) is 0.238. The van der Waals surface area contributed by atoms with Crippen LogP contribution in [0, 0.1) is 0 Å². The first-order valence-corrected chi connectivity index (χ1v) is 7.42. The highest BCUT2D eigenvalue weighted by Crippen LogP contribution is 2.34. The van der Waals surface area contributed by atoms with Gasteiger partial charge in [0, 0.05) is 5.69 Å². The third kappa shape index (κ3) is 2.50. The van der Waals surface area contributed by atoms with Crippen LogP contribution < -0.4 is 10.0 Å². The van der Waals surface area contributed by atoms with Gasteiger partial charge in [-0.25, -0.2) is 13.1 Å². The van der Waals surface area contributed by atoms with Crippen molar-refractivity contribution in [1.82, 2.24) is 4.72 Å². The van der Waals surface area contributed by atoms with Gasteiger partial charge in [0.05, 0.1) is 17.0 Å². The summed E-state index contributed by atoms with van der Waals surface area (Å²) in [5.74, 6) is 0. The smallest absolute Gasteiger partial charge is 0.240 e. The van der Waals surface area contributed by atoms with E-state index in [0.29, 0.717) is 0 Å². The number of aliphatic hydroxyl groups is 1. The van der Waals surface area contributed by atoms with Crippen LogP contribution in [0.1, 0.15) is 19.3 Å². The Morgan fingerprint density at radius 2 is 1.89 bits per heavy atom. The summed E-state index contributed by atoms with van der Waals surface area (Å²) in [6.07, 6.45) is 3.00. The molecule has 0 radical (unpaired) electrons. The van der Waals surface area contributed by atoms with Gasteiger partial charge in [-0.2, -0.15) is 0 Å². The summed E-state index contributed by atoms with van der Waals surface area (Å²) in [6.45, 7) is 0.101. The Bertz CT molecular complexity index is 501. The number of rotatable bonds is 5. The third-order valence-electron chi connectivity index (χ3n) is 3.46. The van der Waals surface area contributed by atoms with Crippen molar-refractivity contribution in [1.29, 1.82) is 0 Å². The SMILES string of the molecule is CNS(=O)(=O)c1ccc(NC2(CO)CCC2)cc1. The molecule has 1 aromatic rings. The van der Waals surface area contributed by atoms with Crippen LogP contribution in [0.25, 0.3) is 0 Å². The maximum absolute atomic E-state index is 11.5. The minimum absolute atomic E-state index is 0.101. The van der Waals surface area contributed by atoms with Crippen LogP contribution >= 0.6 is 0 Å². The highest BCUT2D eigenvalue weighted by atomic mass is 32.2. The van der Waals surface area contributed by atoms with E-state index in [-0.39, 0.29) is 17.0 Å². The second kappa shape index (κ2) is 4.87. The lowest BCUT2D eigenvalue weighted by atomic mass is 9.77. The zero-order valence-electron chi connectivity index (χ0n) is 10.3. The Morgan fingerprint density at radius 3 is 2.28 bits per heavy atom. The van der Waals surface area contributed by atoms with Gasteiger partial charge in [0.15, 0.2) is 0 Å². The van der Waals surface area contributed by atoms with Crippen LogP contribution in [0.15, 0.2) is 29.2 Å². The van der Waals surface area contributed by atoms with Gasteiger partial charge in [-0.15, -0.1) is 0 Å². The molecule has 0 heterocycles. The monoisotopic (exact) mass is 270 g/mol. The van der Waals surface area contributed by atoms with Crippen LogP contribution in [0.2, 0.25) is 0 Å². The quantitative estimate of drug-likeness (QED) is 0.743. The Hall–Kier alpha value is -1.11. The molecule has 1 fully saturated rings. The molecule has 5 nitrogen and oxygen atoms in total. The summed E-state index contributed by atoms with van der Waals surface area (Å²) in [5, 5.41) is 12.6. The largest absolute Gasteiger partial charge is 0.394 e.